The van der Waals surface area contributed by atoms with E-state index in [9.17, 15) is 0 Å². The van der Waals surface area contributed by atoms with Crippen LogP contribution in [0.25, 0.3) is 0 Å². The van der Waals surface area contributed by atoms with E-state index in [0.717, 1.165) is 11.3 Å². The van der Waals surface area contributed by atoms with E-state index in [4.69, 9.17) is 0 Å². The van der Waals surface area contributed by atoms with Gasteiger partial charge >= 0.3 is 0 Å². The average Bonchev–Trinajstić information content (AvgIpc) is 2.73. The quantitative estimate of drug-likeness (QED) is 0.721. The lowest BCUT2D eigenvalue weighted by Gasteiger charge is -2.17. The Balaban J connectivity index is 2.17. The van der Waals surface area contributed by atoms with Gasteiger partial charge in [-0.2, -0.15) is 11.8 Å². The maximum absolute atomic E-state index is 2.52. The van der Waals surface area contributed by atoms with Crippen LogP contribution in [0.4, 0.5) is 0 Å². The summed E-state index contributed by atoms with van der Waals surface area (Å²) in [6.07, 6.45) is 6.35. The van der Waals surface area contributed by atoms with Crippen LogP contribution in [0.15, 0.2) is 12.1 Å². The standard InChI is InChI=1S/C12H19NS/c1-9-4-5-10(2)13(9)11-6-7-12(8-11)14-3/h4-5,11-12H,6-8H2,1-3H3. The van der Waals surface area contributed by atoms with Gasteiger partial charge in [0.15, 0.2) is 0 Å². The van der Waals surface area contributed by atoms with Crippen LogP contribution in [0, 0.1) is 13.8 Å². The van der Waals surface area contributed by atoms with Crippen molar-refractivity contribution in [3.05, 3.63) is 23.5 Å². The minimum Gasteiger partial charge on any atom is -0.346 e. The molecule has 1 fully saturated rings. The predicted octanol–water partition coefficient (Wildman–Crippen LogP) is 3.56. The molecule has 0 aromatic carbocycles. The van der Waals surface area contributed by atoms with Crippen LogP contribution in [0.1, 0.15) is 36.7 Å². The van der Waals surface area contributed by atoms with Crippen LogP contribution in [0.5, 0.6) is 0 Å². The number of thioether (sulfide) groups is 1. The number of nitrogens with zero attached hydrogens (tertiary/aromatic N) is 1. The first-order chi connectivity index (χ1) is 6.72. The summed E-state index contributed by atoms with van der Waals surface area (Å²) < 4.78 is 2.52. The van der Waals surface area contributed by atoms with E-state index in [1.165, 1.54) is 30.7 Å². The van der Waals surface area contributed by atoms with E-state index in [1.807, 2.05) is 11.8 Å². The Labute approximate surface area is 90.9 Å². The molecule has 0 spiro atoms. The van der Waals surface area contributed by atoms with Crippen molar-refractivity contribution < 1.29 is 0 Å². The van der Waals surface area contributed by atoms with Gasteiger partial charge in [-0.05, 0) is 51.5 Å². The lowest BCUT2D eigenvalue weighted by Crippen LogP contribution is -2.09. The van der Waals surface area contributed by atoms with Gasteiger partial charge < -0.3 is 4.57 Å². The molecular weight excluding hydrogens is 190 g/mol. The summed E-state index contributed by atoms with van der Waals surface area (Å²) in [4.78, 5) is 0. The second-order valence-corrected chi connectivity index (χ2v) is 5.45. The Bertz CT molecular complexity index is 297. The number of rotatable bonds is 2. The molecule has 1 heterocycles. The van der Waals surface area contributed by atoms with Crippen molar-refractivity contribution in [2.24, 2.45) is 0 Å². The van der Waals surface area contributed by atoms with Gasteiger partial charge in [0.2, 0.25) is 0 Å². The summed E-state index contributed by atoms with van der Waals surface area (Å²) in [5, 5.41) is 0.890. The largest absolute Gasteiger partial charge is 0.346 e. The van der Waals surface area contributed by atoms with E-state index in [-0.39, 0.29) is 0 Å². The molecule has 0 bridgehead atoms. The monoisotopic (exact) mass is 209 g/mol. The van der Waals surface area contributed by atoms with Gasteiger partial charge in [-0.15, -0.1) is 0 Å². The van der Waals surface area contributed by atoms with Crippen LogP contribution in [-0.2, 0) is 0 Å². The van der Waals surface area contributed by atoms with Crippen molar-refractivity contribution in [1.82, 2.24) is 4.57 Å². The van der Waals surface area contributed by atoms with Crippen molar-refractivity contribution in [3.63, 3.8) is 0 Å². The van der Waals surface area contributed by atoms with Crippen molar-refractivity contribution in [2.45, 2.75) is 44.4 Å². The van der Waals surface area contributed by atoms with Gasteiger partial charge in [0.05, 0.1) is 0 Å². The maximum atomic E-state index is 2.52. The molecule has 2 heteroatoms. The fourth-order valence-corrected chi connectivity index (χ4v) is 3.41. The van der Waals surface area contributed by atoms with Gasteiger partial charge in [-0.3, -0.25) is 0 Å². The van der Waals surface area contributed by atoms with E-state index in [1.54, 1.807) is 0 Å². The van der Waals surface area contributed by atoms with Crippen molar-refractivity contribution in [2.75, 3.05) is 6.26 Å². The highest BCUT2D eigenvalue weighted by Crippen LogP contribution is 2.37. The van der Waals surface area contributed by atoms with E-state index < -0.39 is 0 Å². The minimum atomic E-state index is 0.766. The molecule has 0 saturated heterocycles. The molecule has 1 aliphatic carbocycles. The Hall–Kier alpha value is -0.370. The van der Waals surface area contributed by atoms with Crippen LogP contribution in [-0.4, -0.2) is 16.1 Å². The normalized spacial score (nSPS) is 27.1. The lowest BCUT2D eigenvalue weighted by molar-refractivity contribution is 0.501. The second kappa shape index (κ2) is 4.01. The zero-order valence-electron chi connectivity index (χ0n) is 9.29. The zero-order chi connectivity index (χ0) is 10.1. The van der Waals surface area contributed by atoms with Crippen molar-refractivity contribution >= 4 is 11.8 Å². The maximum Gasteiger partial charge on any atom is 0.0346 e. The Morgan fingerprint density at radius 2 is 1.86 bits per heavy atom. The highest BCUT2D eigenvalue weighted by atomic mass is 32.2. The molecule has 0 aliphatic heterocycles. The van der Waals surface area contributed by atoms with Crippen molar-refractivity contribution in [1.29, 1.82) is 0 Å². The zero-order valence-corrected chi connectivity index (χ0v) is 10.1. The highest BCUT2D eigenvalue weighted by Gasteiger charge is 2.26. The number of aryl methyl sites for hydroxylation is 2. The van der Waals surface area contributed by atoms with Gasteiger partial charge in [-0.1, -0.05) is 0 Å². The van der Waals surface area contributed by atoms with Crippen LogP contribution in [0.3, 0.4) is 0 Å². The van der Waals surface area contributed by atoms with E-state index in [2.05, 4.69) is 36.8 Å². The predicted molar refractivity (Wildman–Crippen MR) is 64.1 cm³/mol. The Morgan fingerprint density at radius 1 is 1.21 bits per heavy atom. The summed E-state index contributed by atoms with van der Waals surface area (Å²) in [5.74, 6) is 0. The minimum absolute atomic E-state index is 0.766. The molecule has 2 atom stereocenters. The molecule has 1 nitrogen and oxygen atoms in total. The van der Waals surface area contributed by atoms with E-state index in [0.29, 0.717) is 0 Å². The number of hydrogen-bond acceptors (Lipinski definition) is 1. The first-order valence-corrected chi connectivity index (χ1v) is 6.68. The summed E-state index contributed by atoms with van der Waals surface area (Å²) >= 11 is 2.03. The fraction of sp³-hybridized carbons (Fsp3) is 0.667. The molecule has 2 rings (SSSR count). The van der Waals surface area contributed by atoms with Crippen LogP contribution >= 0.6 is 11.8 Å². The molecule has 1 aromatic heterocycles. The first-order valence-electron chi connectivity index (χ1n) is 5.39. The van der Waals surface area contributed by atoms with E-state index >= 15 is 0 Å². The number of aromatic nitrogens is 1. The summed E-state index contributed by atoms with van der Waals surface area (Å²) in [5.41, 5.74) is 2.85. The van der Waals surface area contributed by atoms with Crippen LogP contribution in [0.2, 0.25) is 0 Å². The summed E-state index contributed by atoms with van der Waals surface area (Å²) in [7, 11) is 0. The summed E-state index contributed by atoms with van der Waals surface area (Å²) in [6.45, 7) is 4.44. The molecule has 78 valence electrons. The third-order valence-corrected chi connectivity index (χ3v) is 4.48. The Morgan fingerprint density at radius 3 is 2.36 bits per heavy atom. The topological polar surface area (TPSA) is 4.93 Å². The molecule has 2 unspecified atom stereocenters. The molecule has 14 heavy (non-hydrogen) atoms. The molecule has 0 N–H and O–H groups in total. The molecule has 1 aromatic rings. The molecule has 1 saturated carbocycles. The summed E-state index contributed by atoms with van der Waals surface area (Å²) in [6, 6.07) is 5.24. The molecule has 0 radical (unpaired) electrons. The third kappa shape index (κ3) is 1.72. The van der Waals surface area contributed by atoms with Gasteiger partial charge in [0.25, 0.3) is 0 Å². The first kappa shape index (κ1) is 10.2. The lowest BCUT2D eigenvalue weighted by atomic mass is 10.2. The van der Waals surface area contributed by atoms with Gasteiger partial charge in [0, 0.05) is 22.7 Å². The number of hydrogen-bond donors (Lipinski definition) is 0. The smallest absolute Gasteiger partial charge is 0.0346 e. The van der Waals surface area contributed by atoms with Crippen LogP contribution < -0.4 is 0 Å². The van der Waals surface area contributed by atoms with Gasteiger partial charge in [-0.25, -0.2) is 0 Å². The average molecular weight is 209 g/mol. The highest BCUT2D eigenvalue weighted by molar-refractivity contribution is 7.99. The second-order valence-electron chi connectivity index (χ2n) is 4.31. The van der Waals surface area contributed by atoms with Crippen molar-refractivity contribution in [3.8, 4) is 0 Å². The third-order valence-electron chi connectivity index (χ3n) is 3.38. The Kier molecular flexibility index (Phi) is 2.91. The van der Waals surface area contributed by atoms with Gasteiger partial charge in [0.1, 0.15) is 0 Å². The molecule has 1 aliphatic rings. The SMILES string of the molecule is CSC1CCC(n2c(C)ccc2C)C1. The fourth-order valence-electron chi connectivity index (χ4n) is 2.62. The molecule has 0 amide bonds. The molecular formula is C12H19NS.